The minimum atomic E-state index is -0.0239. The van der Waals surface area contributed by atoms with E-state index in [0.717, 1.165) is 28.1 Å². The Kier molecular flexibility index (Phi) is 5.09. The van der Waals surface area contributed by atoms with Gasteiger partial charge in [0.05, 0.1) is 6.04 Å². The molecule has 1 aliphatic heterocycles. The molecule has 1 amide bonds. The van der Waals surface area contributed by atoms with Crippen LogP contribution in [0.1, 0.15) is 5.56 Å². The standard InChI is InChI=1S/C13H17BrN2OS/c1-16(8-10-2-4-11(14)5-3-10)13(17)12-9-18-7-6-15-12/h2-5,12,15H,6-9H2,1H3. The van der Waals surface area contributed by atoms with Gasteiger partial charge < -0.3 is 10.2 Å². The van der Waals surface area contributed by atoms with E-state index in [0.29, 0.717) is 6.54 Å². The summed E-state index contributed by atoms with van der Waals surface area (Å²) in [6.45, 7) is 1.59. The van der Waals surface area contributed by atoms with Crippen LogP contribution >= 0.6 is 27.7 Å². The lowest BCUT2D eigenvalue weighted by molar-refractivity contribution is -0.132. The molecule has 0 radical (unpaired) electrons. The quantitative estimate of drug-likeness (QED) is 0.922. The Balaban J connectivity index is 1.92. The minimum Gasteiger partial charge on any atom is -0.340 e. The van der Waals surface area contributed by atoms with Gasteiger partial charge >= 0.3 is 0 Å². The van der Waals surface area contributed by atoms with Gasteiger partial charge in [-0.2, -0.15) is 11.8 Å². The average molecular weight is 329 g/mol. The zero-order chi connectivity index (χ0) is 13.0. The van der Waals surface area contributed by atoms with Gasteiger partial charge in [0.15, 0.2) is 0 Å². The van der Waals surface area contributed by atoms with Gasteiger partial charge in [-0.3, -0.25) is 4.79 Å². The first-order valence-electron chi connectivity index (χ1n) is 5.97. The minimum absolute atomic E-state index is 0.0239. The van der Waals surface area contributed by atoms with Gasteiger partial charge in [0.2, 0.25) is 5.91 Å². The first-order valence-corrected chi connectivity index (χ1v) is 7.92. The van der Waals surface area contributed by atoms with Crippen LogP contribution in [0.2, 0.25) is 0 Å². The summed E-state index contributed by atoms with van der Waals surface area (Å²) in [7, 11) is 1.87. The number of thioether (sulfide) groups is 1. The number of amides is 1. The SMILES string of the molecule is CN(Cc1ccc(Br)cc1)C(=O)C1CSCCN1. The fraction of sp³-hybridized carbons (Fsp3) is 0.462. The van der Waals surface area contributed by atoms with Crippen molar-refractivity contribution in [2.75, 3.05) is 25.1 Å². The zero-order valence-corrected chi connectivity index (χ0v) is 12.8. The van der Waals surface area contributed by atoms with Gasteiger partial charge in [-0.1, -0.05) is 28.1 Å². The topological polar surface area (TPSA) is 32.3 Å². The molecule has 1 aromatic rings. The monoisotopic (exact) mass is 328 g/mol. The van der Waals surface area contributed by atoms with Gasteiger partial charge in [0.1, 0.15) is 0 Å². The van der Waals surface area contributed by atoms with Crippen LogP contribution in [0.3, 0.4) is 0 Å². The van der Waals surface area contributed by atoms with Crippen LogP contribution in [0.15, 0.2) is 28.7 Å². The highest BCUT2D eigenvalue weighted by atomic mass is 79.9. The van der Waals surface area contributed by atoms with E-state index in [-0.39, 0.29) is 11.9 Å². The maximum absolute atomic E-state index is 12.2. The molecule has 1 fully saturated rings. The van der Waals surface area contributed by atoms with Crippen molar-refractivity contribution < 1.29 is 4.79 Å². The van der Waals surface area contributed by atoms with Crippen LogP contribution in [0.25, 0.3) is 0 Å². The van der Waals surface area contributed by atoms with Crippen LogP contribution in [-0.4, -0.2) is 41.9 Å². The lowest BCUT2D eigenvalue weighted by Crippen LogP contribution is -2.49. The van der Waals surface area contributed by atoms with E-state index in [1.54, 1.807) is 4.90 Å². The summed E-state index contributed by atoms with van der Waals surface area (Å²) < 4.78 is 1.06. The number of rotatable bonds is 3. The molecule has 1 atom stereocenters. The molecule has 1 unspecified atom stereocenters. The van der Waals surface area contributed by atoms with Crippen molar-refractivity contribution in [1.29, 1.82) is 0 Å². The molecular weight excluding hydrogens is 312 g/mol. The van der Waals surface area contributed by atoms with Crippen molar-refractivity contribution in [2.45, 2.75) is 12.6 Å². The van der Waals surface area contributed by atoms with Crippen LogP contribution in [0, 0.1) is 0 Å². The fourth-order valence-corrected chi connectivity index (χ4v) is 3.12. The maximum atomic E-state index is 12.2. The number of halogens is 1. The van der Waals surface area contributed by atoms with Crippen molar-refractivity contribution in [2.24, 2.45) is 0 Å². The number of likely N-dealkylation sites (N-methyl/N-ethyl adjacent to an activating group) is 1. The first-order chi connectivity index (χ1) is 8.66. The number of carbonyl (C=O) groups is 1. The Labute approximate surface area is 120 Å². The number of nitrogens with one attached hydrogen (secondary N) is 1. The van der Waals surface area contributed by atoms with Crippen molar-refractivity contribution >= 4 is 33.6 Å². The molecule has 18 heavy (non-hydrogen) atoms. The molecule has 0 bridgehead atoms. The Bertz CT molecular complexity index is 404. The molecule has 1 aliphatic rings. The summed E-state index contributed by atoms with van der Waals surface area (Å²) in [6.07, 6.45) is 0. The molecule has 0 saturated carbocycles. The van der Waals surface area contributed by atoms with E-state index in [2.05, 4.69) is 21.2 Å². The van der Waals surface area contributed by atoms with Gasteiger partial charge in [-0.15, -0.1) is 0 Å². The number of hydrogen-bond donors (Lipinski definition) is 1. The van der Waals surface area contributed by atoms with Crippen LogP contribution in [0.4, 0.5) is 0 Å². The number of benzene rings is 1. The third-order valence-corrected chi connectivity index (χ3v) is 4.52. The van der Waals surface area contributed by atoms with Crippen LogP contribution in [-0.2, 0) is 11.3 Å². The van der Waals surface area contributed by atoms with Crippen molar-refractivity contribution in [3.63, 3.8) is 0 Å². The highest BCUT2D eigenvalue weighted by Gasteiger charge is 2.23. The second-order valence-corrected chi connectivity index (χ2v) is 6.47. The van der Waals surface area contributed by atoms with E-state index in [1.165, 1.54) is 0 Å². The predicted octanol–water partition coefficient (Wildman–Crippen LogP) is 2.11. The van der Waals surface area contributed by atoms with Gasteiger partial charge in [0.25, 0.3) is 0 Å². The highest BCUT2D eigenvalue weighted by Crippen LogP contribution is 2.14. The molecule has 98 valence electrons. The Hall–Kier alpha value is -0.520. The molecule has 0 spiro atoms. The van der Waals surface area contributed by atoms with Crippen molar-refractivity contribution in [3.05, 3.63) is 34.3 Å². The molecule has 0 aromatic heterocycles. The normalized spacial score (nSPS) is 19.6. The fourth-order valence-electron chi connectivity index (χ4n) is 1.93. The third kappa shape index (κ3) is 3.73. The number of hydrogen-bond acceptors (Lipinski definition) is 3. The molecule has 2 rings (SSSR count). The van der Waals surface area contributed by atoms with E-state index in [4.69, 9.17) is 0 Å². The summed E-state index contributed by atoms with van der Waals surface area (Å²) in [4.78, 5) is 14.0. The molecule has 1 aromatic carbocycles. The largest absolute Gasteiger partial charge is 0.340 e. The Morgan fingerprint density at radius 1 is 1.50 bits per heavy atom. The molecule has 5 heteroatoms. The maximum Gasteiger partial charge on any atom is 0.240 e. The molecule has 1 N–H and O–H groups in total. The van der Waals surface area contributed by atoms with Crippen molar-refractivity contribution in [1.82, 2.24) is 10.2 Å². The first kappa shape index (κ1) is 13.9. The van der Waals surface area contributed by atoms with Gasteiger partial charge in [-0.05, 0) is 17.7 Å². The highest BCUT2D eigenvalue weighted by molar-refractivity contribution is 9.10. The lowest BCUT2D eigenvalue weighted by atomic mass is 10.2. The average Bonchev–Trinajstić information content (AvgIpc) is 2.41. The van der Waals surface area contributed by atoms with Crippen LogP contribution in [0.5, 0.6) is 0 Å². The third-order valence-electron chi connectivity index (χ3n) is 2.93. The molecule has 0 aliphatic carbocycles. The predicted molar refractivity (Wildman–Crippen MR) is 79.7 cm³/mol. The second-order valence-electron chi connectivity index (χ2n) is 4.40. The van der Waals surface area contributed by atoms with Crippen LogP contribution < -0.4 is 5.32 Å². The molecular formula is C13H17BrN2OS. The number of carbonyl (C=O) groups excluding carboxylic acids is 1. The smallest absolute Gasteiger partial charge is 0.240 e. The zero-order valence-electron chi connectivity index (χ0n) is 10.4. The van der Waals surface area contributed by atoms with Gasteiger partial charge in [0, 0.05) is 36.1 Å². The van der Waals surface area contributed by atoms with E-state index >= 15 is 0 Å². The van der Waals surface area contributed by atoms with Gasteiger partial charge in [-0.25, -0.2) is 0 Å². The Morgan fingerprint density at radius 2 is 2.22 bits per heavy atom. The molecule has 1 saturated heterocycles. The van der Waals surface area contributed by atoms with E-state index < -0.39 is 0 Å². The van der Waals surface area contributed by atoms with E-state index in [9.17, 15) is 4.79 Å². The summed E-state index contributed by atoms with van der Waals surface area (Å²) in [5, 5.41) is 3.28. The van der Waals surface area contributed by atoms with Crippen molar-refractivity contribution in [3.8, 4) is 0 Å². The van der Waals surface area contributed by atoms with E-state index in [1.807, 2.05) is 43.1 Å². The molecule has 3 nitrogen and oxygen atoms in total. The summed E-state index contributed by atoms with van der Waals surface area (Å²) in [5.74, 6) is 2.16. The number of nitrogens with zero attached hydrogens (tertiary/aromatic N) is 1. The second kappa shape index (κ2) is 6.59. The Morgan fingerprint density at radius 3 is 2.83 bits per heavy atom. The summed E-state index contributed by atoms with van der Waals surface area (Å²) >= 11 is 5.25. The lowest BCUT2D eigenvalue weighted by Gasteiger charge is -2.27. The summed E-state index contributed by atoms with van der Waals surface area (Å²) in [6, 6.07) is 8.06. The molecule has 1 heterocycles. The summed E-state index contributed by atoms with van der Waals surface area (Å²) in [5.41, 5.74) is 1.15.